The van der Waals surface area contributed by atoms with Crippen molar-refractivity contribution in [3.8, 4) is 11.3 Å². The zero-order chi connectivity index (χ0) is 13.8. The lowest BCUT2D eigenvalue weighted by Gasteiger charge is -2.05. The van der Waals surface area contributed by atoms with Gasteiger partial charge in [0.1, 0.15) is 5.82 Å². The highest BCUT2D eigenvalue weighted by atomic mass is 14.9. The molecule has 102 valence electrons. The highest BCUT2D eigenvalue weighted by Crippen LogP contribution is 2.19. The van der Waals surface area contributed by atoms with Crippen molar-refractivity contribution in [2.75, 3.05) is 0 Å². The average Bonchev–Trinajstić information content (AvgIpc) is 2.76. The van der Waals surface area contributed by atoms with Crippen molar-refractivity contribution < 1.29 is 0 Å². The summed E-state index contributed by atoms with van der Waals surface area (Å²) in [6.45, 7) is 6.47. The van der Waals surface area contributed by atoms with Crippen LogP contribution in [-0.2, 0) is 12.8 Å². The fourth-order valence-electron chi connectivity index (χ4n) is 2.21. The second kappa shape index (κ2) is 6.02. The molecule has 0 spiro atoms. The van der Waals surface area contributed by atoms with Gasteiger partial charge < -0.3 is 10.7 Å². The molecule has 0 fully saturated rings. The number of nitrogens with one attached hydrogen (secondary N) is 1. The molecule has 1 aromatic carbocycles. The van der Waals surface area contributed by atoms with Crippen molar-refractivity contribution in [3.05, 3.63) is 41.9 Å². The van der Waals surface area contributed by atoms with Crippen LogP contribution in [0.15, 0.2) is 30.5 Å². The van der Waals surface area contributed by atoms with Crippen LogP contribution in [0.1, 0.15) is 32.2 Å². The molecule has 2 rings (SSSR count). The summed E-state index contributed by atoms with van der Waals surface area (Å²) in [5.74, 6) is 1.65. The van der Waals surface area contributed by atoms with Crippen molar-refractivity contribution in [2.45, 2.75) is 39.7 Å². The van der Waals surface area contributed by atoms with Crippen molar-refractivity contribution in [3.63, 3.8) is 0 Å². The zero-order valence-corrected chi connectivity index (χ0v) is 12.0. The van der Waals surface area contributed by atoms with E-state index in [0.717, 1.165) is 24.4 Å². The Kier molecular flexibility index (Phi) is 4.38. The van der Waals surface area contributed by atoms with Crippen LogP contribution in [0.3, 0.4) is 0 Å². The quantitative estimate of drug-likeness (QED) is 0.864. The molecule has 0 aliphatic carbocycles. The van der Waals surface area contributed by atoms with E-state index in [4.69, 9.17) is 5.73 Å². The van der Waals surface area contributed by atoms with Crippen molar-refractivity contribution in [2.24, 2.45) is 11.7 Å². The van der Waals surface area contributed by atoms with Gasteiger partial charge in [-0.3, -0.25) is 0 Å². The number of imidazole rings is 1. The summed E-state index contributed by atoms with van der Waals surface area (Å²) in [6.07, 6.45) is 3.79. The Labute approximate surface area is 115 Å². The van der Waals surface area contributed by atoms with Crippen LogP contribution < -0.4 is 5.73 Å². The molecular formula is C16H23N3. The molecule has 19 heavy (non-hydrogen) atoms. The van der Waals surface area contributed by atoms with E-state index in [2.05, 4.69) is 48.1 Å². The topological polar surface area (TPSA) is 54.7 Å². The van der Waals surface area contributed by atoms with E-state index in [0.29, 0.717) is 5.92 Å². The maximum atomic E-state index is 5.78. The van der Waals surface area contributed by atoms with Gasteiger partial charge in [-0.25, -0.2) is 4.98 Å². The maximum Gasteiger partial charge on any atom is 0.108 e. The van der Waals surface area contributed by atoms with Crippen LogP contribution in [0.2, 0.25) is 0 Å². The number of nitrogens with zero attached hydrogens (tertiary/aromatic N) is 1. The minimum Gasteiger partial charge on any atom is -0.342 e. The molecule has 0 radical (unpaired) electrons. The van der Waals surface area contributed by atoms with Crippen LogP contribution in [-0.4, -0.2) is 16.0 Å². The van der Waals surface area contributed by atoms with Gasteiger partial charge in [0.05, 0.1) is 11.9 Å². The van der Waals surface area contributed by atoms with Gasteiger partial charge in [-0.1, -0.05) is 38.1 Å². The largest absolute Gasteiger partial charge is 0.342 e. The van der Waals surface area contributed by atoms with Crippen LogP contribution in [0, 0.1) is 5.92 Å². The highest BCUT2D eigenvalue weighted by Gasteiger charge is 2.05. The summed E-state index contributed by atoms with van der Waals surface area (Å²) in [6, 6.07) is 8.83. The fraction of sp³-hybridized carbons (Fsp3) is 0.438. The lowest BCUT2D eigenvalue weighted by atomic mass is 10.0. The standard InChI is InChI=1S/C16H23N3/c1-11(2)8-13-4-6-14(7-5-13)15-10-18-16(19-15)9-12(3)17/h4-7,10-12H,8-9,17H2,1-3H3,(H,18,19). The Hall–Kier alpha value is -1.61. The third-order valence-corrected chi connectivity index (χ3v) is 3.05. The second-order valence-corrected chi connectivity index (χ2v) is 5.72. The Balaban J connectivity index is 2.11. The first-order chi connectivity index (χ1) is 9.04. The van der Waals surface area contributed by atoms with E-state index < -0.39 is 0 Å². The van der Waals surface area contributed by atoms with Gasteiger partial charge in [0.25, 0.3) is 0 Å². The summed E-state index contributed by atoms with van der Waals surface area (Å²) < 4.78 is 0. The van der Waals surface area contributed by atoms with Crippen molar-refractivity contribution in [1.82, 2.24) is 9.97 Å². The molecule has 0 aliphatic rings. The van der Waals surface area contributed by atoms with E-state index >= 15 is 0 Å². The highest BCUT2D eigenvalue weighted by molar-refractivity contribution is 5.58. The van der Waals surface area contributed by atoms with Crippen LogP contribution in [0.25, 0.3) is 11.3 Å². The molecule has 3 heteroatoms. The van der Waals surface area contributed by atoms with Gasteiger partial charge in [0, 0.05) is 12.5 Å². The predicted octanol–water partition coefficient (Wildman–Crippen LogP) is 3.16. The van der Waals surface area contributed by atoms with E-state index in [1.165, 1.54) is 11.1 Å². The number of benzene rings is 1. The molecule has 0 aliphatic heterocycles. The number of hydrogen-bond donors (Lipinski definition) is 2. The minimum absolute atomic E-state index is 0.132. The SMILES string of the molecule is CC(C)Cc1ccc(-c2cnc(CC(C)N)[nH]2)cc1. The maximum absolute atomic E-state index is 5.78. The minimum atomic E-state index is 0.132. The molecule has 0 bridgehead atoms. The molecule has 1 aromatic heterocycles. The number of aromatic amines is 1. The lowest BCUT2D eigenvalue weighted by Crippen LogP contribution is -2.18. The van der Waals surface area contributed by atoms with Gasteiger partial charge in [-0.05, 0) is 30.4 Å². The Bertz CT molecular complexity index is 509. The monoisotopic (exact) mass is 257 g/mol. The van der Waals surface area contributed by atoms with Crippen molar-refractivity contribution in [1.29, 1.82) is 0 Å². The summed E-state index contributed by atoms with van der Waals surface area (Å²) in [4.78, 5) is 7.70. The molecular weight excluding hydrogens is 234 g/mol. The van der Waals surface area contributed by atoms with Crippen LogP contribution in [0.5, 0.6) is 0 Å². The summed E-state index contributed by atoms with van der Waals surface area (Å²) in [5.41, 5.74) is 9.40. The molecule has 0 amide bonds. The molecule has 3 N–H and O–H groups in total. The van der Waals surface area contributed by atoms with Gasteiger partial charge >= 0.3 is 0 Å². The first-order valence-electron chi connectivity index (χ1n) is 6.93. The molecule has 2 aromatic rings. The van der Waals surface area contributed by atoms with Crippen molar-refractivity contribution >= 4 is 0 Å². The Morgan fingerprint density at radius 3 is 2.37 bits per heavy atom. The summed E-state index contributed by atoms with van der Waals surface area (Å²) >= 11 is 0. The normalized spacial score (nSPS) is 12.9. The predicted molar refractivity (Wildman–Crippen MR) is 79.9 cm³/mol. The number of aromatic nitrogens is 2. The van der Waals surface area contributed by atoms with Crippen LogP contribution in [0.4, 0.5) is 0 Å². The summed E-state index contributed by atoms with van der Waals surface area (Å²) in [5, 5.41) is 0. The average molecular weight is 257 g/mol. The molecule has 0 saturated carbocycles. The molecule has 1 unspecified atom stereocenters. The number of H-pyrrole nitrogens is 1. The molecule has 1 heterocycles. The zero-order valence-electron chi connectivity index (χ0n) is 12.0. The lowest BCUT2D eigenvalue weighted by molar-refractivity contribution is 0.647. The third-order valence-electron chi connectivity index (χ3n) is 3.05. The first kappa shape index (κ1) is 13.8. The Morgan fingerprint density at radius 2 is 1.79 bits per heavy atom. The molecule has 3 nitrogen and oxygen atoms in total. The molecule has 1 atom stereocenters. The van der Waals surface area contributed by atoms with Gasteiger partial charge in [0.2, 0.25) is 0 Å². The summed E-state index contributed by atoms with van der Waals surface area (Å²) in [7, 11) is 0. The Morgan fingerprint density at radius 1 is 1.11 bits per heavy atom. The van der Waals surface area contributed by atoms with E-state index in [-0.39, 0.29) is 6.04 Å². The fourth-order valence-corrected chi connectivity index (χ4v) is 2.21. The smallest absolute Gasteiger partial charge is 0.108 e. The van der Waals surface area contributed by atoms with E-state index in [9.17, 15) is 0 Å². The van der Waals surface area contributed by atoms with Gasteiger partial charge in [0.15, 0.2) is 0 Å². The number of rotatable bonds is 5. The van der Waals surface area contributed by atoms with Gasteiger partial charge in [-0.2, -0.15) is 0 Å². The van der Waals surface area contributed by atoms with Crippen LogP contribution >= 0.6 is 0 Å². The third kappa shape index (κ3) is 3.93. The van der Waals surface area contributed by atoms with E-state index in [1.807, 2.05) is 13.1 Å². The number of nitrogens with two attached hydrogens (primary N) is 1. The van der Waals surface area contributed by atoms with E-state index in [1.54, 1.807) is 0 Å². The van der Waals surface area contributed by atoms with Gasteiger partial charge in [-0.15, -0.1) is 0 Å². The first-order valence-corrected chi connectivity index (χ1v) is 6.93. The molecule has 0 saturated heterocycles. The number of hydrogen-bond acceptors (Lipinski definition) is 2. The second-order valence-electron chi connectivity index (χ2n) is 5.72.